The summed E-state index contributed by atoms with van der Waals surface area (Å²) < 4.78 is 0. The molecule has 0 bridgehead atoms. The van der Waals surface area contributed by atoms with Crippen molar-refractivity contribution in [2.75, 3.05) is 0 Å². The Morgan fingerprint density at radius 3 is 2.73 bits per heavy atom. The smallest absolute Gasteiger partial charge is 0.0154 e. The highest BCUT2D eigenvalue weighted by Crippen LogP contribution is 2.32. The normalized spacial score (nSPS) is 13.0. The number of hydrogen-bond donors (Lipinski definition) is 0. The van der Waals surface area contributed by atoms with Gasteiger partial charge < -0.3 is 0 Å². The van der Waals surface area contributed by atoms with E-state index in [1.807, 2.05) is 6.08 Å². The molecular weight excluding hydrogens is 132 g/mol. The van der Waals surface area contributed by atoms with Crippen molar-refractivity contribution >= 4 is 17.7 Å². The molecule has 1 aliphatic carbocycles. The first-order chi connectivity index (χ1) is 5.31. The number of fused-ring (bicyclic) bond motifs is 1. The van der Waals surface area contributed by atoms with E-state index in [1.54, 1.807) is 0 Å². The Morgan fingerprint density at radius 2 is 2.18 bits per heavy atom. The SMILES string of the molecule is C=Cc1ccc2c(c1)C=C2C. The van der Waals surface area contributed by atoms with Crippen LogP contribution < -0.4 is 0 Å². The fourth-order valence-electron chi connectivity index (χ4n) is 1.42. The molecule has 0 spiro atoms. The molecule has 0 nitrogen and oxygen atoms in total. The van der Waals surface area contributed by atoms with E-state index in [-0.39, 0.29) is 0 Å². The zero-order valence-corrected chi connectivity index (χ0v) is 6.59. The predicted molar refractivity (Wildman–Crippen MR) is 50.1 cm³/mol. The van der Waals surface area contributed by atoms with Gasteiger partial charge in [0.05, 0.1) is 0 Å². The highest BCUT2D eigenvalue weighted by atomic mass is 14.1. The third kappa shape index (κ3) is 0.829. The van der Waals surface area contributed by atoms with Crippen molar-refractivity contribution in [3.63, 3.8) is 0 Å². The van der Waals surface area contributed by atoms with E-state index in [9.17, 15) is 0 Å². The van der Waals surface area contributed by atoms with Crippen molar-refractivity contribution in [2.45, 2.75) is 6.92 Å². The molecule has 0 aliphatic heterocycles. The van der Waals surface area contributed by atoms with Gasteiger partial charge in [0.1, 0.15) is 0 Å². The highest BCUT2D eigenvalue weighted by molar-refractivity contribution is 5.95. The van der Waals surface area contributed by atoms with Gasteiger partial charge in [0.25, 0.3) is 0 Å². The van der Waals surface area contributed by atoms with Gasteiger partial charge in [0.2, 0.25) is 0 Å². The molecule has 1 aromatic carbocycles. The molecule has 0 N–H and O–H groups in total. The monoisotopic (exact) mass is 142 g/mol. The van der Waals surface area contributed by atoms with Crippen LogP contribution in [-0.4, -0.2) is 0 Å². The Morgan fingerprint density at radius 1 is 1.36 bits per heavy atom. The van der Waals surface area contributed by atoms with Crippen molar-refractivity contribution in [3.05, 3.63) is 41.5 Å². The fraction of sp³-hybridized carbons (Fsp3) is 0.0909. The predicted octanol–water partition coefficient (Wildman–Crippen LogP) is 3.20. The van der Waals surface area contributed by atoms with Gasteiger partial charge in [-0.1, -0.05) is 30.9 Å². The third-order valence-corrected chi connectivity index (χ3v) is 2.11. The Kier molecular flexibility index (Phi) is 1.22. The Bertz CT molecular complexity index is 343. The van der Waals surface area contributed by atoms with Gasteiger partial charge in [-0.05, 0) is 35.3 Å². The minimum Gasteiger partial charge on any atom is -0.0985 e. The standard InChI is InChI=1S/C11H10/c1-3-9-4-5-11-8(2)6-10(11)7-9/h3-7H,1H2,2H3. The molecule has 0 heteroatoms. The zero-order chi connectivity index (χ0) is 7.84. The first-order valence-electron chi connectivity index (χ1n) is 3.76. The van der Waals surface area contributed by atoms with Crippen LogP contribution in [0.25, 0.3) is 17.7 Å². The molecule has 0 aromatic heterocycles. The summed E-state index contributed by atoms with van der Waals surface area (Å²) in [6.45, 7) is 5.86. The minimum absolute atomic E-state index is 1.20. The summed E-state index contributed by atoms with van der Waals surface area (Å²) >= 11 is 0. The van der Waals surface area contributed by atoms with E-state index in [4.69, 9.17) is 0 Å². The van der Waals surface area contributed by atoms with Gasteiger partial charge in [-0.2, -0.15) is 0 Å². The fourth-order valence-corrected chi connectivity index (χ4v) is 1.42. The van der Waals surface area contributed by atoms with Crippen LogP contribution in [0, 0.1) is 0 Å². The van der Waals surface area contributed by atoms with Crippen LogP contribution >= 0.6 is 0 Å². The lowest BCUT2D eigenvalue weighted by molar-refractivity contribution is 1.48. The number of rotatable bonds is 1. The molecule has 0 fully saturated rings. The Hall–Kier alpha value is -1.30. The lowest BCUT2D eigenvalue weighted by atomic mass is 9.88. The van der Waals surface area contributed by atoms with Gasteiger partial charge in [-0.3, -0.25) is 0 Å². The first kappa shape index (κ1) is 6.41. The second-order valence-electron chi connectivity index (χ2n) is 2.88. The van der Waals surface area contributed by atoms with Crippen LogP contribution in [0.2, 0.25) is 0 Å². The third-order valence-electron chi connectivity index (χ3n) is 2.11. The number of allylic oxidation sites excluding steroid dienone is 1. The molecule has 11 heavy (non-hydrogen) atoms. The van der Waals surface area contributed by atoms with Gasteiger partial charge in [0.15, 0.2) is 0 Å². The van der Waals surface area contributed by atoms with E-state index >= 15 is 0 Å². The Balaban J connectivity index is 2.52. The molecule has 0 heterocycles. The van der Waals surface area contributed by atoms with Crippen LogP contribution in [0.1, 0.15) is 23.6 Å². The number of benzene rings is 1. The topological polar surface area (TPSA) is 0 Å². The second kappa shape index (κ2) is 2.09. The van der Waals surface area contributed by atoms with Crippen LogP contribution in [0.4, 0.5) is 0 Å². The minimum atomic E-state index is 1.20. The molecule has 0 unspecified atom stereocenters. The highest BCUT2D eigenvalue weighted by Gasteiger charge is 2.10. The van der Waals surface area contributed by atoms with Crippen molar-refractivity contribution in [1.29, 1.82) is 0 Å². The van der Waals surface area contributed by atoms with Crippen LogP contribution in [-0.2, 0) is 0 Å². The van der Waals surface area contributed by atoms with Crippen molar-refractivity contribution in [2.24, 2.45) is 0 Å². The molecule has 1 aliphatic rings. The van der Waals surface area contributed by atoms with E-state index in [2.05, 4.69) is 37.8 Å². The Labute approximate surface area is 66.9 Å². The molecule has 0 radical (unpaired) electrons. The largest absolute Gasteiger partial charge is 0.0985 e. The van der Waals surface area contributed by atoms with Crippen molar-refractivity contribution in [1.82, 2.24) is 0 Å². The maximum Gasteiger partial charge on any atom is -0.0154 e. The maximum atomic E-state index is 3.72. The van der Waals surface area contributed by atoms with Crippen LogP contribution in [0.3, 0.4) is 0 Å². The van der Waals surface area contributed by atoms with E-state index in [0.717, 1.165) is 0 Å². The summed E-state index contributed by atoms with van der Waals surface area (Å²) in [6, 6.07) is 6.42. The second-order valence-corrected chi connectivity index (χ2v) is 2.88. The molecular formula is C11H10. The van der Waals surface area contributed by atoms with E-state index in [0.29, 0.717) is 0 Å². The lowest BCUT2D eigenvalue weighted by Gasteiger charge is -2.16. The summed E-state index contributed by atoms with van der Waals surface area (Å²) in [5, 5.41) is 0. The van der Waals surface area contributed by atoms with Gasteiger partial charge in [0, 0.05) is 0 Å². The lowest BCUT2D eigenvalue weighted by Crippen LogP contribution is -1.95. The zero-order valence-electron chi connectivity index (χ0n) is 6.59. The quantitative estimate of drug-likeness (QED) is 0.564. The first-order valence-corrected chi connectivity index (χ1v) is 3.76. The molecule has 0 amide bonds. The van der Waals surface area contributed by atoms with Gasteiger partial charge >= 0.3 is 0 Å². The van der Waals surface area contributed by atoms with Crippen LogP contribution in [0.15, 0.2) is 24.8 Å². The molecule has 2 rings (SSSR count). The summed E-state index contributed by atoms with van der Waals surface area (Å²) in [5.41, 5.74) is 5.32. The van der Waals surface area contributed by atoms with Crippen molar-refractivity contribution < 1.29 is 0 Å². The molecule has 0 saturated carbocycles. The van der Waals surface area contributed by atoms with Crippen LogP contribution in [0.5, 0.6) is 0 Å². The summed E-state index contributed by atoms with van der Waals surface area (Å²) in [4.78, 5) is 0. The molecule has 0 atom stereocenters. The average molecular weight is 142 g/mol. The molecule has 1 aromatic rings. The van der Waals surface area contributed by atoms with Gasteiger partial charge in [-0.25, -0.2) is 0 Å². The average Bonchev–Trinajstić information content (AvgIpc) is 2.02. The maximum absolute atomic E-state index is 3.72. The summed E-state index contributed by atoms with van der Waals surface area (Å²) in [6.07, 6.45) is 4.07. The van der Waals surface area contributed by atoms with E-state index < -0.39 is 0 Å². The summed E-state index contributed by atoms with van der Waals surface area (Å²) in [5.74, 6) is 0. The number of hydrogen-bond acceptors (Lipinski definition) is 0. The molecule has 0 saturated heterocycles. The summed E-state index contributed by atoms with van der Waals surface area (Å²) in [7, 11) is 0. The van der Waals surface area contributed by atoms with Gasteiger partial charge in [-0.15, -0.1) is 0 Å². The van der Waals surface area contributed by atoms with E-state index in [1.165, 1.54) is 22.3 Å². The molecule has 54 valence electrons. The van der Waals surface area contributed by atoms with Crippen molar-refractivity contribution in [3.8, 4) is 0 Å².